The Morgan fingerprint density at radius 2 is 1.81 bits per heavy atom. The van der Waals surface area contributed by atoms with Crippen LogP contribution >= 0.6 is 22.9 Å². The number of para-hydroxylation sites is 1. The molecule has 2 aromatic carbocycles. The third-order valence-corrected chi connectivity index (χ3v) is 5.27. The second-order valence-corrected chi connectivity index (χ2v) is 6.69. The number of rotatable bonds is 4. The quantitative estimate of drug-likeness (QED) is 0.525. The van der Waals surface area contributed by atoms with Gasteiger partial charge in [0.1, 0.15) is 10.6 Å². The molecule has 0 atom stereocenters. The highest BCUT2D eigenvalue weighted by molar-refractivity contribution is 7.21. The number of nitrogens with one attached hydrogen (secondary N) is 2. The van der Waals surface area contributed by atoms with Crippen molar-refractivity contribution in [3.63, 3.8) is 0 Å². The van der Waals surface area contributed by atoms with E-state index in [9.17, 15) is 9.59 Å². The van der Waals surface area contributed by atoms with Gasteiger partial charge >= 0.3 is 0 Å². The molecular formula is C19H15ClN2O3S. The molecule has 0 aliphatic rings. The first-order valence-corrected chi connectivity index (χ1v) is 8.88. The Kier molecular flexibility index (Phi) is 5.55. The Bertz CT molecular complexity index is 997. The van der Waals surface area contributed by atoms with Gasteiger partial charge in [-0.25, -0.2) is 0 Å². The van der Waals surface area contributed by atoms with Crippen molar-refractivity contribution in [2.75, 3.05) is 7.11 Å². The van der Waals surface area contributed by atoms with Crippen molar-refractivity contribution < 1.29 is 14.3 Å². The topological polar surface area (TPSA) is 67.4 Å². The maximum atomic E-state index is 12.3. The van der Waals surface area contributed by atoms with Crippen molar-refractivity contribution >= 4 is 50.9 Å². The first-order chi connectivity index (χ1) is 12.6. The van der Waals surface area contributed by atoms with Crippen molar-refractivity contribution in [3.05, 3.63) is 70.1 Å². The predicted molar refractivity (Wildman–Crippen MR) is 104 cm³/mol. The molecule has 2 amide bonds. The molecule has 7 heteroatoms. The van der Waals surface area contributed by atoms with Gasteiger partial charge in [-0.2, -0.15) is 0 Å². The molecule has 3 aromatic rings. The van der Waals surface area contributed by atoms with Crippen LogP contribution in [0.2, 0.25) is 5.02 Å². The summed E-state index contributed by atoms with van der Waals surface area (Å²) in [5.41, 5.74) is 5.47. The molecule has 0 saturated carbocycles. The van der Waals surface area contributed by atoms with Crippen molar-refractivity contribution in [1.82, 2.24) is 10.9 Å². The van der Waals surface area contributed by atoms with E-state index in [0.717, 1.165) is 15.6 Å². The fourth-order valence-corrected chi connectivity index (χ4v) is 3.76. The molecule has 5 nitrogen and oxygen atoms in total. The van der Waals surface area contributed by atoms with E-state index in [-0.39, 0.29) is 0 Å². The number of hydrogen-bond donors (Lipinski definition) is 2. The van der Waals surface area contributed by atoms with Crippen LogP contribution in [0.15, 0.2) is 54.6 Å². The van der Waals surface area contributed by atoms with Crippen LogP contribution in [0, 0.1) is 0 Å². The summed E-state index contributed by atoms with van der Waals surface area (Å²) in [4.78, 5) is 24.5. The van der Waals surface area contributed by atoms with E-state index in [1.54, 1.807) is 19.3 Å². The molecular weight excluding hydrogens is 372 g/mol. The van der Waals surface area contributed by atoms with Gasteiger partial charge in [0.15, 0.2) is 0 Å². The summed E-state index contributed by atoms with van der Waals surface area (Å²) in [5.74, 6) is -0.283. The molecule has 0 unspecified atom stereocenters. The maximum Gasteiger partial charge on any atom is 0.281 e. The lowest BCUT2D eigenvalue weighted by molar-refractivity contribution is -0.117. The number of amides is 2. The van der Waals surface area contributed by atoms with Gasteiger partial charge in [0.05, 0.1) is 12.1 Å². The number of halogens is 1. The van der Waals surface area contributed by atoms with E-state index in [1.165, 1.54) is 17.4 Å². The lowest BCUT2D eigenvalue weighted by Crippen LogP contribution is -2.40. The van der Waals surface area contributed by atoms with E-state index in [4.69, 9.17) is 16.3 Å². The summed E-state index contributed by atoms with van der Waals surface area (Å²) >= 11 is 7.52. The zero-order valence-corrected chi connectivity index (χ0v) is 15.4. The van der Waals surface area contributed by atoms with E-state index >= 15 is 0 Å². The molecule has 2 N–H and O–H groups in total. The second-order valence-electron chi connectivity index (χ2n) is 5.26. The normalized spacial score (nSPS) is 10.8. The molecule has 0 bridgehead atoms. The fourth-order valence-electron chi connectivity index (χ4n) is 2.35. The van der Waals surface area contributed by atoms with E-state index in [0.29, 0.717) is 15.6 Å². The Morgan fingerprint density at radius 1 is 1.08 bits per heavy atom. The minimum Gasteiger partial charge on any atom is -0.496 e. The minimum atomic E-state index is -0.471. The minimum absolute atomic E-state index is 0.349. The van der Waals surface area contributed by atoms with Crippen LogP contribution in [0.5, 0.6) is 5.75 Å². The van der Waals surface area contributed by atoms with Crippen LogP contribution in [-0.4, -0.2) is 18.9 Å². The van der Waals surface area contributed by atoms with Crippen LogP contribution in [0.25, 0.3) is 16.2 Å². The highest BCUT2D eigenvalue weighted by Gasteiger charge is 2.16. The van der Waals surface area contributed by atoms with Gasteiger partial charge in [-0.05, 0) is 18.2 Å². The molecule has 0 aliphatic heterocycles. The number of hydrogen-bond acceptors (Lipinski definition) is 4. The average Bonchev–Trinajstić information content (AvgIpc) is 3.01. The first-order valence-electron chi connectivity index (χ1n) is 7.68. The van der Waals surface area contributed by atoms with Gasteiger partial charge in [0.2, 0.25) is 0 Å². The average molecular weight is 387 g/mol. The van der Waals surface area contributed by atoms with Gasteiger partial charge in [-0.3, -0.25) is 20.4 Å². The predicted octanol–water partition coefficient (Wildman–Crippen LogP) is 4.04. The molecule has 0 fully saturated rings. The molecule has 132 valence electrons. The van der Waals surface area contributed by atoms with E-state index < -0.39 is 11.8 Å². The Labute approximate surface area is 159 Å². The number of carbonyl (C=O) groups is 2. The number of thiophene rings is 1. The molecule has 0 aliphatic carbocycles. The molecule has 0 radical (unpaired) electrons. The monoisotopic (exact) mass is 386 g/mol. The SMILES string of the molecule is COc1ccccc1C=CC(=O)NNC(=O)c1sc2ccccc2c1Cl. The van der Waals surface area contributed by atoms with Crippen LogP contribution in [0.1, 0.15) is 15.2 Å². The smallest absolute Gasteiger partial charge is 0.281 e. The molecule has 3 rings (SSSR count). The summed E-state index contributed by atoms with van der Waals surface area (Å²) in [5, 5.41) is 1.19. The highest BCUT2D eigenvalue weighted by Crippen LogP contribution is 2.34. The molecule has 1 aromatic heterocycles. The largest absolute Gasteiger partial charge is 0.496 e. The van der Waals surface area contributed by atoms with Gasteiger partial charge in [0.25, 0.3) is 11.8 Å². The third-order valence-electron chi connectivity index (χ3n) is 3.59. The van der Waals surface area contributed by atoms with Crippen molar-refractivity contribution in [2.45, 2.75) is 0 Å². The van der Waals surface area contributed by atoms with Crippen molar-refractivity contribution in [2.24, 2.45) is 0 Å². The molecule has 0 saturated heterocycles. The molecule has 26 heavy (non-hydrogen) atoms. The van der Waals surface area contributed by atoms with Crippen LogP contribution < -0.4 is 15.6 Å². The highest BCUT2D eigenvalue weighted by atomic mass is 35.5. The van der Waals surface area contributed by atoms with Gasteiger partial charge in [-0.1, -0.05) is 48.0 Å². The Hall–Kier alpha value is -2.83. The van der Waals surface area contributed by atoms with Crippen LogP contribution in [0.4, 0.5) is 0 Å². The van der Waals surface area contributed by atoms with E-state index in [2.05, 4.69) is 10.9 Å². The Morgan fingerprint density at radius 3 is 2.58 bits per heavy atom. The lowest BCUT2D eigenvalue weighted by atomic mass is 10.2. The number of ether oxygens (including phenoxy) is 1. The number of methoxy groups -OCH3 is 1. The van der Waals surface area contributed by atoms with Gasteiger partial charge in [0, 0.05) is 21.7 Å². The second kappa shape index (κ2) is 8.03. The zero-order valence-electron chi connectivity index (χ0n) is 13.8. The van der Waals surface area contributed by atoms with Crippen molar-refractivity contribution in [1.29, 1.82) is 0 Å². The zero-order chi connectivity index (χ0) is 18.5. The number of benzene rings is 2. The third kappa shape index (κ3) is 3.87. The summed E-state index contributed by atoms with van der Waals surface area (Å²) in [7, 11) is 1.56. The molecule has 1 heterocycles. The lowest BCUT2D eigenvalue weighted by Gasteiger charge is -2.05. The maximum absolute atomic E-state index is 12.3. The van der Waals surface area contributed by atoms with Gasteiger partial charge < -0.3 is 4.74 Å². The standard InChI is InChI=1S/C19H15ClN2O3S/c1-25-14-8-4-2-6-12(14)10-11-16(23)21-22-19(24)18-17(20)13-7-3-5-9-15(13)26-18/h2-11H,1H3,(H,21,23)(H,22,24). The first kappa shape index (κ1) is 18.0. The van der Waals surface area contributed by atoms with E-state index in [1.807, 2.05) is 42.5 Å². The number of hydrazine groups is 1. The van der Waals surface area contributed by atoms with Gasteiger partial charge in [-0.15, -0.1) is 11.3 Å². The van der Waals surface area contributed by atoms with Crippen molar-refractivity contribution in [3.8, 4) is 5.75 Å². The summed E-state index contributed by atoms with van der Waals surface area (Å²) in [6.45, 7) is 0. The number of carbonyl (C=O) groups excluding carboxylic acids is 2. The van der Waals surface area contributed by atoms with Crippen LogP contribution in [0.3, 0.4) is 0 Å². The summed E-state index contributed by atoms with van der Waals surface area (Å²) in [6, 6.07) is 14.8. The molecule has 0 spiro atoms. The summed E-state index contributed by atoms with van der Waals surface area (Å²) in [6.07, 6.45) is 2.91. The number of fused-ring (bicyclic) bond motifs is 1. The van der Waals surface area contributed by atoms with Crippen LogP contribution in [-0.2, 0) is 4.79 Å². The summed E-state index contributed by atoms with van der Waals surface area (Å²) < 4.78 is 6.12. The fraction of sp³-hybridized carbons (Fsp3) is 0.0526. The Balaban J connectivity index is 1.64.